The SMILES string of the molecule is CC1(C)Cc2cccc(Oc3ccc(/C(=N/O)N4CCCc5ccccc54)cn3)c2O1. The molecule has 0 atom stereocenters. The minimum atomic E-state index is -0.240. The lowest BCUT2D eigenvalue weighted by Crippen LogP contribution is -2.36. The minimum absolute atomic E-state index is 0.240. The number of ether oxygens (including phenoxy) is 2. The number of aryl methyl sites for hydroxylation is 1. The third kappa shape index (κ3) is 3.69. The van der Waals surface area contributed by atoms with Crippen molar-refractivity contribution in [1.29, 1.82) is 0 Å². The number of aromatic nitrogens is 1. The summed E-state index contributed by atoms with van der Waals surface area (Å²) in [5, 5.41) is 13.4. The highest BCUT2D eigenvalue weighted by molar-refractivity contribution is 6.10. The quantitative estimate of drug-likeness (QED) is 0.276. The van der Waals surface area contributed by atoms with Crippen molar-refractivity contribution in [2.75, 3.05) is 11.4 Å². The van der Waals surface area contributed by atoms with Crippen LogP contribution in [-0.4, -0.2) is 28.2 Å². The molecule has 1 aromatic heterocycles. The van der Waals surface area contributed by atoms with E-state index in [1.807, 2.05) is 35.2 Å². The van der Waals surface area contributed by atoms with Crippen LogP contribution in [0.1, 0.15) is 37.0 Å². The van der Waals surface area contributed by atoms with E-state index in [0.717, 1.165) is 48.4 Å². The zero-order valence-electron chi connectivity index (χ0n) is 17.7. The van der Waals surface area contributed by atoms with Crippen LogP contribution in [0.3, 0.4) is 0 Å². The van der Waals surface area contributed by atoms with Gasteiger partial charge in [-0.3, -0.25) is 0 Å². The van der Waals surface area contributed by atoms with Crippen LogP contribution >= 0.6 is 0 Å². The monoisotopic (exact) mass is 415 g/mol. The van der Waals surface area contributed by atoms with Gasteiger partial charge >= 0.3 is 0 Å². The summed E-state index contributed by atoms with van der Waals surface area (Å²) in [6.45, 7) is 4.93. The summed E-state index contributed by atoms with van der Waals surface area (Å²) < 4.78 is 12.1. The van der Waals surface area contributed by atoms with Gasteiger partial charge in [0.15, 0.2) is 17.3 Å². The van der Waals surface area contributed by atoms with E-state index in [1.165, 1.54) is 5.56 Å². The Kier molecular flexibility index (Phi) is 4.77. The van der Waals surface area contributed by atoms with Crippen LogP contribution < -0.4 is 14.4 Å². The van der Waals surface area contributed by atoms with Crippen LogP contribution in [0.2, 0.25) is 0 Å². The fourth-order valence-corrected chi connectivity index (χ4v) is 4.37. The number of hydrogen-bond donors (Lipinski definition) is 1. The second-order valence-electron chi connectivity index (χ2n) is 8.58. The van der Waals surface area contributed by atoms with Crippen molar-refractivity contribution in [3.63, 3.8) is 0 Å². The highest BCUT2D eigenvalue weighted by Gasteiger charge is 2.32. The molecule has 6 nitrogen and oxygen atoms in total. The normalized spacial score (nSPS) is 17.0. The molecular weight excluding hydrogens is 390 g/mol. The summed E-state index contributed by atoms with van der Waals surface area (Å²) in [5.41, 5.74) is 3.95. The Hall–Kier alpha value is -3.54. The van der Waals surface area contributed by atoms with Crippen molar-refractivity contribution >= 4 is 11.5 Å². The Bertz CT molecular complexity index is 1140. The van der Waals surface area contributed by atoms with Crippen LogP contribution in [0.4, 0.5) is 5.69 Å². The summed E-state index contributed by atoms with van der Waals surface area (Å²) >= 11 is 0. The van der Waals surface area contributed by atoms with Gasteiger partial charge in [-0.1, -0.05) is 35.5 Å². The molecule has 0 bridgehead atoms. The molecule has 2 aromatic carbocycles. The topological polar surface area (TPSA) is 67.2 Å². The molecule has 31 heavy (non-hydrogen) atoms. The first-order valence-corrected chi connectivity index (χ1v) is 10.6. The van der Waals surface area contributed by atoms with Gasteiger partial charge in [0, 0.05) is 42.0 Å². The number of fused-ring (bicyclic) bond motifs is 2. The average molecular weight is 415 g/mol. The Morgan fingerprint density at radius 1 is 1.10 bits per heavy atom. The molecule has 0 radical (unpaired) electrons. The van der Waals surface area contributed by atoms with E-state index >= 15 is 0 Å². The van der Waals surface area contributed by atoms with Crippen LogP contribution in [-0.2, 0) is 12.8 Å². The van der Waals surface area contributed by atoms with Gasteiger partial charge in [0.25, 0.3) is 0 Å². The maximum Gasteiger partial charge on any atom is 0.219 e. The third-order valence-electron chi connectivity index (χ3n) is 5.72. The van der Waals surface area contributed by atoms with E-state index in [4.69, 9.17) is 9.47 Å². The molecule has 0 saturated heterocycles. The molecule has 3 heterocycles. The van der Waals surface area contributed by atoms with Gasteiger partial charge in [-0.05, 0) is 50.5 Å². The van der Waals surface area contributed by atoms with Gasteiger partial charge in [0.2, 0.25) is 5.88 Å². The molecular formula is C25H25N3O3. The third-order valence-corrected chi connectivity index (χ3v) is 5.72. The lowest BCUT2D eigenvalue weighted by molar-refractivity contribution is 0.135. The van der Waals surface area contributed by atoms with Crippen molar-refractivity contribution in [2.45, 2.75) is 38.7 Å². The summed E-state index contributed by atoms with van der Waals surface area (Å²) in [6.07, 6.45) is 4.55. The van der Waals surface area contributed by atoms with E-state index in [1.54, 1.807) is 12.3 Å². The lowest BCUT2D eigenvalue weighted by Gasteiger charge is -2.31. The zero-order valence-corrected chi connectivity index (χ0v) is 17.7. The Morgan fingerprint density at radius 3 is 2.74 bits per heavy atom. The fraction of sp³-hybridized carbons (Fsp3) is 0.280. The number of oxime groups is 1. The molecule has 0 saturated carbocycles. The van der Waals surface area contributed by atoms with Gasteiger partial charge in [-0.25, -0.2) is 4.98 Å². The molecule has 0 aliphatic carbocycles. The maximum atomic E-state index is 9.79. The van der Waals surface area contributed by atoms with Gasteiger partial charge in [0.05, 0.1) is 0 Å². The second kappa shape index (κ2) is 7.61. The summed E-state index contributed by atoms with van der Waals surface area (Å²) in [5.74, 6) is 2.38. The van der Waals surface area contributed by atoms with Crippen molar-refractivity contribution in [3.05, 3.63) is 77.5 Å². The Morgan fingerprint density at radius 2 is 1.94 bits per heavy atom. The number of amidine groups is 1. The minimum Gasteiger partial charge on any atom is -0.483 e. The van der Waals surface area contributed by atoms with E-state index in [0.29, 0.717) is 17.5 Å². The zero-order chi connectivity index (χ0) is 21.4. The number of pyridine rings is 1. The van der Waals surface area contributed by atoms with Gasteiger partial charge in [0.1, 0.15) is 5.60 Å². The number of rotatable bonds is 3. The number of hydrogen-bond acceptors (Lipinski definition) is 5. The first-order valence-electron chi connectivity index (χ1n) is 10.6. The van der Waals surface area contributed by atoms with Crippen LogP contribution in [0.25, 0.3) is 0 Å². The fourth-order valence-electron chi connectivity index (χ4n) is 4.37. The number of anilines is 1. The molecule has 3 aromatic rings. The standard InChI is InChI=1S/C25H25N3O3/c1-25(2)15-18-8-5-11-21(23(18)31-25)30-22-13-12-19(16-26-22)24(27-29)28-14-6-9-17-7-3-4-10-20(17)28/h3-5,7-8,10-13,16,29H,6,9,14-15H2,1-2H3/b27-24-. The first kappa shape index (κ1) is 19.4. The summed E-state index contributed by atoms with van der Waals surface area (Å²) in [6, 6.07) is 17.8. The molecule has 2 aliphatic rings. The molecule has 5 rings (SSSR count). The van der Waals surface area contributed by atoms with E-state index < -0.39 is 0 Å². The van der Waals surface area contributed by atoms with E-state index in [-0.39, 0.29) is 5.60 Å². The van der Waals surface area contributed by atoms with Crippen molar-refractivity contribution < 1.29 is 14.7 Å². The second-order valence-corrected chi connectivity index (χ2v) is 8.58. The average Bonchev–Trinajstić information content (AvgIpc) is 3.10. The molecule has 158 valence electrons. The van der Waals surface area contributed by atoms with E-state index in [2.05, 4.69) is 42.2 Å². The van der Waals surface area contributed by atoms with Crippen LogP contribution in [0.5, 0.6) is 17.4 Å². The summed E-state index contributed by atoms with van der Waals surface area (Å²) in [7, 11) is 0. The Balaban J connectivity index is 1.39. The lowest BCUT2D eigenvalue weighted by atomic mass is 10.0. The molecule has 1 N–H and O–H groups in total. The summed E-state index contributed by atoms with van der Waals surface area (Å²) in [4.78, 5) is 6.50. The first-order chi connectivity index (χ1) is 15.0. The smallest absolute Gasteiger partial charge is 0.219 e. The van der Waals surface area contributed by atoms with Crippen molar-refractivity contribution in [1.82, 2.24) is 4.98 Å². The highest BCUT2D eigenvalue weighted by atomic mass is 16.5. The predicted octanol–water partition coefficient (Wildman–Crippen LogP) is 5.18. The van der Waals surface area contributed by atoms with Gasteiger partial charge in [-0.15, -0.1) is 0 Å². The van der Waals surface area contributed by atoms with Crippen molar-refractivity contribution in [2.24, 2.45) is 5.16 Å². The van der Waals surface area contributed by atoms with Crippen molar-refractivity contribution in [3.8, 4) is 17.4 Å². The van der Waals surface area contributed by atoms with Crippen LogP contribution in [0, 0.1) is 0 Å². The molecule has 0 spiro atoms. The highest BCUT2D eigenvalue weighted by Crippen LogP contribution is 2.43. The largest absolute Gasteiger partial charge is 0.483 e. The number of benzene rings is 2. The van der Waals surface area contributed by atoms with Crippen LogP contribution in [0.15, 0.2) is 65.9 Å². The molecule has 2 aliphatic heterocycles. The molecule has 0 amide bonds. The Labute approximate surface area is 181 Å². The number of para-hydroxylation sites is 2. The molecule has 6 heteroatoms. The maximum absolute atomic E-state index is 9.79. The predicted molar refractivity (Wildman–Crippen MR) is 120 cm³/mol. The number of nitrogens with zero attached hydrogens (tertiary/aromatic N) is 3. The van der Waals surface area contributed by atoms with Gasteiger partial charge in [-0.2, -0.15) is 0 Å². The molecule has 0 unspecified atom stereocenters. The molecule has 0 fully saturated rings. The van der Waals surface area contributed by atoms with Gasteiger partial charge < -0.3 is 19.6 Å². The van der Waals surface area contributed by atoms with E-state index in [9.17, 15) is 5.21 Å².